The lowest BCUT2D eigenvalue weighted by atomic mass is 10.3. The Hall–Kier alpha value is -1.62. The minimum absolute atomic E-state index is 0.471. The highest BCUT2D eigenvalue weighted by Crippen LogP contribution is 2.24. The highest BCUT2D eigenvalue weighted by molar-refractivity contribution is 5.50. The monoisotopic (exact) mass is 221 g/mol. The van der Waals surface area contributed by atoms with Crippen LogP contribution in [0.4, 0.5) is 0 Å². The second-order valence-electron chi connectivity index (χ2n) is 3.63. The molecule has 16 heavy (non-hydrogen) atoms. The lowest BCUT2D eigenvalue weighted by molar-refractivity contribution is 0.176. The Balaban J connectivity index is 2.77. The molecule has 5 heteroatoms. The van der Waals surface area contributed by atoms with Crippen molar-refractivity contribution in [2.45, 2.75) is 20.5 Å². The molecule has 2 rings (SSSR count). The number of aryl methyl sites for hydroxylation is 2. The van der Waals surface area contributed by atoms with E-state index in [0.29, 0.717) is 6.61 Å². The Morgan fingerprint density at radius 1 is 1.25 bits per heavy atom. The predicted octanol–water partition coefficient (Wildman–Crippen LogP) is 1.50. The van der Waals surface area contributed by atoms with Gasteiger partial charge in [-0.1, -0.05) is 0 Å². The molecule has 0 aliphatic heterocycles. The van der Waals surface area contributed by atoms with E-state index in [1.807, 2.05) is 18.2 Å². The summed E-state index contributed by atoms with van der Waals surface area (Å²) in [7, 11) is 3.30. The molecule has 0 amide bonds. The number of imidazole rings is 1. The second kappa shape index (κ2) is 4.09. The van der Waals surface area contributed by atoms with Crippen molar-refractivity contribution in [3.05, 3.63) is 23.4 Å². The van der Waals surface area contributed by atoms with Crippen LogP contribution in [-0.4, -0.2) is 28.6 Å². The third-order valence-electron chi connectivity index (χ3n) is 2.56. The van der Waals surface area contributed by atoms with E-state index in [1.165, 1.54) is 0 Å². The number of fused-ring (bicyclic) bond motifs is 1. The van der Waals surface area contributed by atoms with Gasteiger partial charge in [-0.05, 0) is 13.8 Å². The molecule has 0 spiro atoms. The van der Waals surface area contributed by atoms with Crippen LogP contribution >= 0.6 is 0 Å². The zero-order valence-corrected chi connectivity index (χ0v) is 9.94. The molecule has 0 fully saturated rings. The normalized spacial score (nSPS) is 11.0. The molecular weight excluding hydrogens is 206 g/mol. The molecule has 0 radical (unpaired) electrons. The largest absolute Gasteiger partial charge is 0.493 e. The van der Waals surface area contributed by atoms with Crippen molar-refractivity contribution in [3.8, 4) is 5.75 Å². The summed E-state index contributed by atoms with van der Waals surface area (Å²) in [6.07, 6.45) is 1.74. The van der Waals surface area contributed by atoms with Crippen molar-refractivity contribution in [2.75, 3.05) is 14.2 Å². The molecule has 0 N–H and O–H groups in total. The first-order valence-corrected chi connectivity index (χ1v) is 5.05. The van der Waals surface area contributed by atoms with Gasteiger partial charge < -0.3 is 9.47 Å². The summed E-state index contributed by atoms with van der Waals surface area (Å²) < 4.78 is 12.4. The van der Waals surface area contributed by atoms with Crippen LogP contribution in [0.15, 0.2) is 6.33 Å². The Morgan fingerprint density at radius 3 is 2.62 bits per heavy atom. The van der Waals surface area contributed by atoms with E-state index in [1.54, 1.807) is 20.5 Å². The van der Waals surface area contributed by atoms with Crippen molar-refractivity contribution in [3.63, 3.8) is 0 Å². The van der Waals surface area contributed by atoms with E-state index < -0.39 is 0 Å². The zero-order chi connectivity index (χ0) is 11.7. The van der Waals surface area contributed by atoms with Gasteiger partial charge in [0.15, 0.2) is 11.4 Å². The van der Waals surface area contributed by atoms with Gasteiger partial charge in [0.05, 0.1) is 30.8 Å². The standard InChI is InChI=1S/C11H15N3O2/c1-7-10(16-4)9(5-15-3)14-6-12-8(2)11(14)13-7/h6H,5H2,1-4H3. The number of rotatable bonds is 3. The minimum Gasteiger partial charge on any atom is -0.493 e. The van der Waals surface area contributed by atoms with Gasteiger partial charge in [0.1, 0.15) is 6.33 Å². The molecule has 0 bridgehead atoms. The van der Waals surface area contributed by atoms with Crippen LogP contribution in [0.25, 0.3) is 5.65 Å². The van der Waals surface area contributed by atoms with Gasteiger partial charge in [-0.25, -0.2) is 9.97 Å². The van der Waals surface area contributed by atoms with Crippen LogP contribution in [0.2, 0.25) is 0 Å². The summed E-state index contributed by atoms with van der Waals surface area (Å²) in [5.74, 6) is 0.756. The van der Waals surface area contributed by atoms with Gasteiger partial charge in [0.25, 0.3) is 0 Å². The first-order chi connectivity index (χ1) is 7.69. The van der Waals surface area contributed by atoms with Gasteiger partial charge in [-0.15, -0.1) is 0 Å². The van der Waals surface area contributed by atoms with E-state index in [4.69, 9.17) is 9.47 Å². The maximum Gasteiger partial charge on any atom is 0.162 e. The maximum atomic E-state index is 5.35. The average Bonchev–Trinajstić information content (AvgIpc) is 2.61. The number of hydrogen-bond donors (Lipinski definition) is 0. The summed E-state index contributed by atoms with van der Waals surface area (Å²) in [6.45, 7) is 4.33. The third kappa shape index (κ3) is 1.53. The van der Waals surface area contributed by atoms with Crippen LogP contribution in [0.3, 0.4) is 0 Å². The fourth-order valence-electron chi connectivity index (χ4n) is 1.83. The molecule has 0 atom stereocenters. The van der Waals surface area contributed by atoms with Crippen LogP contribution in [0.5, 0.6) is 5.75 Å². The molecule has 2 heterocycles. The lowest BCUT2D eigenvalue weighted by Gasteiger charge is -2.12. The van der Waals surface area contributed by atoms with E-state index in [9.17, 15) is 0 Å². The van der Waals surface area contributed by atoms with Gasteiger partial charge in [-0.2, -0.15) is 0 Å². The van der Waals surface area contributed by atoms with Crippen LogP contribution in [-0.2, 0) is 11.3 Å². The van der Waals surface area contributed by atoms with E-state index in [2.05, 4.69) is 9.97 Å². The lowest BCUT2D eigenvalue weighted by Crippen LogP contribution is -2.06. The quantitative estimate of drug-likeness (QED) is 0.788. The molecule has 0 saturated heterocycles. The summed E-state index contributed by atoms with van der Waals surface area (Å²) in [5, 5.41) is 0. The van der Waals surface area contributed by atoms with Crippen LogP contribution < -0.4 is 4.74 Å². The smallest absolute Gasteiger partial charge is 0.162 e. The van der Waals surface area contributed by atoms with E-state index in [-0.39, 0.29) is 0 Å². The van der Waals surface area contributed by atoms with Gasteiger partial charge in [0, 0.05) is 7.11 Å². The SMILES string of the molecule is COCc1c(OC)c(C)nc2c(C)ncn12. The van der Waals surface area contributed by atoms with Crippen molar-refractivity contribution < 1.29 is 9.47 Å². The predicted molar refractivity (Wildman–Crippen MR) is 59.7 cm³/mol. The zero-order valence-electron chi connectivity index (χ0n) is 9.94. The Labute approximate surface area is 94.0 Å². The highest BCUT2D eigenvalue weighted by atomic mass is 16.5. The fourth-order valence-corrected chi connectivity index (χ4v) is 1.83. The fraction of sp³-hybridized carbons (Fsp3) is 0.455. The Kier molecular flexibility index (Phi) is 2.78. The van der Waals surface area contributed by atoms with E-state index in [0.717, 1.165) is 28.5 Å². The maximum absolute atomic E-state index is 5.35. The van der Waals surface area contributed by atoms with Gasteiger partial charge in [0.2, 0.25) is 0 Å². The Morgan fingerprint density at radius 2 is 2.00 bits per heavy atom. The molecule has 86 valence electrons. The number of ether oxygens (including phenoxy) is 2. The summed E-state index contributed by atoms with van der Waals surface area (Å²) in [5.41, 5.74) is 3.55. The van der Waals surface area contributed by atoms with E-state index >= 15 is 0 Å². The summed E-state index contributed by atoms with van der Waals surface area (Å²) >= 11 is 0. The molecule has 0 aliphatic rings. The summed E-state index contributed by atoms with van der Waals surface area (Å²) in [4.78, 5) is 8.71. The highest BCUT2D eigenvalue weighted by Gasteiger charge is 2.14. The van der Waals surface area contributed by atoms with Crippen LogP contribution in [0, 0.1) is 13.8 Å². The molecule has 0 aromatic carbocycles. The van der Waals surface area contributed by atoms with Crippen molar-refractivity contribution in [2.24, 2.45) is 0 Å². The molecule has 0 saturated carbocycles. The number of methoxy groups -OCH3 is 2. The number of hydrogen-bond acceptors (Lipinski definition) is 4. The topological polar surface area (TPSA) is 48.7 Å². The molecular formula is C11H15N3O2. The third-order valence-corrected chi connectivity index (χ3v) is 2.56. The van der Waals surface area contributed by atoms with Gasteiger partial charge in [-0.3, -0.25) is 4.40 Å². The number of aromatic nitrogens is 3. The molecule has 0 unspecified atom stereocenters. The average molecular weight is 221 g/mol. The van der Waals surface area contributed by atoms with Crippen molar-refractivity contribution in [1.82, 2.24) is 14.4 Å². The summed E-state index contributed by atoms with van der Waals surface area (Å²) in [6, 6.07) is 0. The van der Waals surface area contributed by atoms with Crippen LogP contribution in [0.1, 0.15) is 17.1 Å². The Bertz CT molecular complexity index is 519. The first kappa shape index (κ1) is 10.9. The number of nitrogens with zero attached hydrogens (tertiary/aromatic N) is 3. The van der Waals surface area contributed by atoms with Crippen molar-refractivity contribution >= 4 is 5.65 Å². The molecule has 2 aromatic heterocycles. The van der Waals surface area contributed by atoms with Crippen molar-refractivity contribution in [1.29, 1.82) is 0 Å². The van der Waals surface area contributed by atoms with Gasteiger partial charge >= 0.3 is 0 Å². The minimum atomic E-state index is 0.471. The second-order valence-corrected chi connectivity index (χ2v) is 3.63. The first-order valence-electron chi connectivity index (χ1n) is 5.05. The molecule has 2 aromatic rings. The molecule has 0 aliphatic carbocycles. The molecule has 5 nitrogen and oxygen atoms in total.